The van der Waals surface area contributed by atoms with Gasteiger partial charge in [0.2, 0.25) is 0 Å². The minimum Gasteiger partial charge on any atom is -0.454 e. The van der Waals surface area contributed by atoms with Crippen molar-refractivity contribution in [1.29, 1.82) is 5.41 Å². The highest BCUT2D eigenvalue weighted by atomic mass is 31.2. The van der Waals surface area contributed by atoms with E-state index in [4.69, 9.17) is 15.9 Å². The molecule has 8 heteroatoms. The Kier molecular flexibility index (Phi) is 5.07. The number of H-pyrrole nitrogens is 1. The predicted molar refractivity (Wildman–Crippen MR) is 104 cm³/mol. The van der Waals surface area contributed by atoms with Gasteiger partial charge in [-0.3, -0.25) is 5.41 Å². The summed E-state index contributed by atoms with van der Waals surface area (Å²) in [6.45, 7) is 3.36. The number of aryl methyl sites for hydroxylation is 1. The molecule has 1 heterocycles. The molecule has 0 fully saturated rings. The molecule has 2 aromatic carbocycles. The minimum absolute atomic E-state index is 0.00309. The molecule has 0 aliphatic rings. The number of aromatic nitrogens is 1. The van der Waals surface area contributed by atoms with E-state index in [2.05, 4.69) is 4.98 Å². The number of halogens is 2. The van der Waals surface area contributed by atoms with Gasteiger partial charge < -0.3 is 20.0 Å². The summed E-state index contributed by atoms with van der Waals surface area (Å²) in [4.78, 5) is 2.96. The van der Waals surface area contributed by atoms with E-state index < -0.39 is 24.6 Å². The molecule has 142 valence electrons. The normalized spacial score (nSPS) is 11.7. The smallest absolute Gasteiger partial charge is 0.168 e. The number of amidine groups is 1. The van der Waals surface area contributed by atoms with Gasteiger partial charge in [-0.25, -0.2) is 8.78 Å². The Balaban J connectivity index is 2.08. The second-order valence-corrected chi connectivity index (χ2v) is 10.4. The summed E-state index contributed by atoms with van der Waals surface area (Å²) in [5.74, 6) is -1.53. The molecule has 27 heavy (non-hydrogen) atoms. The molecular formula is C19H20F2N3O2P. The third-order valence-corrected chi connectivity index (χ3v) is 5.52. The molecule has 0 saturated heterocycles. The van der Waals surface area contributed by atoms with E-state index >= 15 is 0 Å². The van der Waals surface area contributed by atoms with Crippen molar-refractivity contribution in [2.75, 3.05) is 19.5 Å². The molecule has 0 atom stereocenters. The number of nitrogens with two attached hydrogens (primary N) is 1. The van der Waals surface area contributed by atoms with E-state index in [1.165, 1.54) is 18.2 Å². The zero-order valence-corrected chi connectivity index (χ0v) is 15.9. The zero-order valence-electron chi connectivity index (χ0n) is 15.0. The molecular weight excluding hydrogens is 371 g/mol. The van der Waals surface area contributed by atoms with Crippen LogP contribution in [0.3, 0.4) is 0 Å². The summed E-state index contributed by atoms with van der Waals surface area (Å²) in [7, 11) is -2.32. The molecule has 4 N–H and O–H groups in total. The lowest BCUT2D eigenvalue weighted by atomic mass is 10.1. The van der Waals surface area contributed by atoms with Crippen LogP contribution in [0.5, 0.6) is 11.5 Å². The summed E-state index contributed by atoms with van der Waals surface area (Å²) >= 11 is 0. The summed E-state index contributed by atoms with van der Waals surface area (Å²) in [6.07, 6.45) is 2.46. The van der Waals surface area contributed by atoms with Crippen molar-refractivity contribution >= 4 is 23.9 Å². The zero-order chi connectivity index (χ0) is 19.8. The van der Waals surface area contributed by atoms with Crippen molar-refractivity contribution in [3.05, 3.63) is 59.3 Å². The van der Waals surface area contributed by atoms with Gasteiger partial charge in [-0.15, -0.1) is 0 Å². The number of nitrogens with one attached hydrogen (secondary N) is 2. The fraction of sp³-hybridized carbons (Fsp3) is 0.211. The van der Waals surface area contributed by atoms with Crippen molar-refractivity contribution in [3.8, 4) is 11.5 Å². The van der Waals surface area contributed by atoms with Crippen LogP contribution in [-0.4, -0.2) is 30.3 Å². The van der Waals surface area contributed by atoms with Gasteiger partial charge in [-0.1, -0.05) is 0 Å². The lowest BCUT2D eigenvalue weighted by Crippen LogP contribution is -2.13. The average molecular weight is 391 g/mol. The fourth-order valence-electron chi connectivity index (χ4n) is 2.86. The maximum atomic E-state index is 14.7. The molecule has 0 radical (unpaired) electrons. The van der Waals surface area contributed by atoms with E-state index in [0.29, 0.717) is 23.7 Å². The molecule has 3 rings (SSSR count). The molecule has 0 unspecified atom stereocenters. The lowest BCUT2D eigenvalue weighted by Gasteiger charge is -2.15. The van der Waals surface area contributed by atoms with Crippen molar-refractivity contribution in [2.45, 2.75) is 6.42 Å². The van der Waals surface area contributed by atoms with Gasteiger partial charge in [-0.05, 0) is 44.0 Å². The number of hydrogen-bond acceptors (Lipinski definition) is 3. The molecule has 0 bridgehead atoms. The lowest BCUT2D eigenvalue weighted by molar-refractivity contribution is 0.437. The van der Waals surface area contributed by atoms with Gasteiger partial charge in [0.1, 0.15) is 17.4 Å². The standard InChI is InChI=1S/C19H20F2N3O2P/c1-27(2,25)8-6-13-12-5-7-24-17(12)10-16(21)18(13)26-11-3-4-15(20)14(9-11)19(22)23/h3-5,7,9-10,24H,6,8H2,1-2H3,(H3,22,23). The highest BCUT2D eigenvalue weighted by Crippen LogP contribution is 2.40. The van der Waals surface area contributed by atoms with Crippen molar-refractivity contribution < 1.29 is 18.1 Å². The number of benzene rings is 2. The molecule has 0 aliphatic heterocycles. The Morgan fingerprint density at radius 3 is 2.63 bits per heavy atom. The Morgan fingerprint density at radius 1 is 1.22 bits per heavy atom. The van der Waals surface area contributed by atoms with Gasteiger partial charge in [0.05, 0.1) is 12.7 Å². The van der Waals surface area contributed by atoms with Crippen LogP contribution in [0.2, 0.25) is 0 Å². The Bertz CT molecular complexity index is 1070. The molecule has 0 amide bonds. The number of nitrogen functional groups attached to an aromatic ring is 1. The summed E-state index contributed by atoms with van der Waals surface area (Å²) < 4.78 is 46.4. The first kappa shape index (κ1) is 19.1. The first-order valence-corrected chi connectivity index (χ1v) is 11.1. The van der Waals surface area contributed by atoms with Crippen LogP contribution in [0.4, 0.5) is 8.78 Å². The average Bonchev–Trinajstić information content (AvgIpc) is 3.02. The van der Waals surface area contributed by atoms with E-state index in [9.17, 15) is 13.3 Å². The monoisotopic (exact) mass is 391 g/mol. The van der Waals surface area contributed by atoms with E-state index in [-0.39, 0.29) is 17.1 Å². The Labute approximate surface area is 155 Å². The van der Waals surface area contributed by atoms with Crippen LogP contribution in [0.15, 0.2) is 36.5 Å². The van der Waals surface area contributed by atoms with Gasteiger partial charge in [-0.2, -0.15) is 0 Å². The van der Waals surface area contributed by atoms with Crippen LogP contribution >= 0.6 is 7.14 Å². The third kappa shape index (κ3) is 4.19. The highest BCUT2D eigenvalue weighted by molar-refractivity contribution is 7.62. The summed E-state index contributed by atoms with van der Waals surface area (Å²) in [5.41, 5.74) is 6.45. The van der Waals surface area contributed by atoms with Crippen molar-refractivity contribution in [2.24, 2.45) is 5.73 Å². The van der Waals surface area contributed by atoms with Gasteiger partial charge in [0, 0.05) is 34.9 Å². The number of aromatic amines is 1. The summed E-state index contributed by atoms with van der Waals surface area (Å²) in [5, 5.41) is 8.20. The number of rotatable bonds is 6. The topological polar surface area (TPSA) is 92.0 Å². The number of fused-ring (bicyclic) bond motifs is 1. The van der Waals surface area contributed by atoms with Crippen LogP contribution in [0.25, 0.3) is 10.9 Å². The second kappa shape index (κ2) is 7.16. The number of ether oxygens (including phenoxy) is 1. The van der Waals surface area contributed by atoms with Crippen LogP contribution in [0.1, 0.15) is 11.1 Å². The Hall–Kier alpha value is -2.66. The molecule has 1 aromatic heterocycles. The first-order valence-electron chi connectivity index (χ1n) is 8.30. The first-order chi connectivity index (χ1) is 12.7. The molecule has 5 nitrogen and oxygen atoms in total. The number of hydrogen-bond donors (Lipinski definition) is 3. The largest absolute Gasteiger partial charge is 0.454 e. The fourth-order valence-corrected chi connectivity index (χ4v) is 3.62. The molecule has 0 spiro atoms. The molecule has 3 aromatic rings. The van der Waals surface area contributed by atoms with Gasteiger partial charge in [0.15, 0.2) is 11.6 Å². The molecule has 0 saturated carbocycles. The van der Waals surface area contributed by atoms with E-state index in [1.54, 1.807) is 25.6 Å². The van der Waals surface area contributed by atoms with E-state index in [1.807, 2.05) is 0 Å². The van der Waals surface area contributed by atoms with Crippen LogP contribution in [0, 0.1) is 17.0 Å². The van der Waals surface area contributed by atoms with E-state index in [0.717, 1.165) is 11.5 Å². The van der Waals surface area contributed by atoms with Crippen LogP contribution in [-0.2, 0) is 11.0 Å². The van der Waals surface area contributed by atoms with Crippen LogP contribution < -0.4 is 10.5 Å². The Morgan fingerprint density at radius 2 is 1.96 bits per heavy atom. The maximum absolute atomic E-state index is 14.7. The van der Waals surface area contributed by atoms with Gasteiger partial charge >= 0.3 is 0 Å². The quantitative estimate of drug-likeness (QED) is 0.323. The third-order valence-electron chi connectivity index (χ3n) is 4.21. The van der Waals surface area contributed by atoms with Crippen molar-refractivity contribution in [1.82, 2.24) is 4.98 Å². The highest BCUT2D eigenvalue weighted by Gasteiger charge is 2.19. The maximum Gasteiger partial charge on any atom is 0.168 e. The second-order valence-electron chi connectivity index (χ2n) is 6.81. The van der Waals surface area contributed by atoms with Gasteiger partial charge in [0.25, 0.3) is 0 Å². The molecule has 0 aliphatic carbocycles. The SMILES string of the molecule is CP(C)(=O)CCc1c(Oc2ccc(F)c(C(=N)N)c2)c(F)cc2[nH]ccc12. The van der Waals surface area contributed by atoms with Crippen molar-refractivity contribution in [3.63, 3.8) is 0 Å². The predicted octanol–water partition coefficient (Wildman–Crippen LogP) is 4.69. The summed E-state index contributed by atoms with van der Waals surface area (Å²) in [6, 6.07) is 6.84. The minimum atomic E-state index is -2.32.